The van der Waals surface area contributed by atoms with Crippen molar-refractivity contribution >= 4 is 52.3 Å². The third-order valence-corrected chi connectivity index (χ3v) is 17.0. The van der Waals surface area contributed by atoms with Crippen molar-refractivity contribution in [3.63, 3.8) is 0 Å². The zero-order valence-electron chi connectivity index (χ0n) is 53.3. The molecule has 9 rings (SSSR count). The van der Waals surface area contributed by atoms with Gasteiger partial charge in [-0.15, -0.1) is 0 Å². The predicted octanol–water partition coefficient (Wildman–Crippen LogP) is 21.2. The van der Waals surface area contributed by atoms with Gasteiger partial charge in [0.1, 0.15) is 40.6 Å². The molecule has 1 aliphatic heterocycles. The van der Waals surface area contributed by atoms with Gasteiger partial charge in [0.25, 0.3) is 0 Å². The maximum absolute atomic E-state index is 7.37. The van der Waals surface area contributed by atoms with E-state index < -0.39 is 6.04 Å². The molecule has 4 aromatic carbocycles. The summed E-state index contributed by atoms with van der Waals surface area (Å²) in [5.41, 5.74) is 16.9. The van der Waals surface area contributed by atoms with Crippen molar-refractivity contribution in [2.24, 2.45) is 5.92 Å². The lowest BCUT2D eigenvalue weighted by atomic mass is 9.83. The minimum absolute atomic E-state index is 0.00141. The Hall–Kier alpha value is -8.52. The SMILES string of the molecule is C=C/C1=C(N(/C=C/C=C\c2c(C)oc(/C=C\CC)c2CC)C2C=CC=CC(C/C=C\C)=C2OC(=C)C(C)N(C)C)/C=C\C(C)/C=C\c2c(N(c3cccc4c3Oc3c(cccc3C(C)(C)C)C4)c3cccc4c(CC)c(C=C)oc34)ccc(C)c2C1. The summed E-state index contributed by atoms with van der Waals surface area (Å²) in [7, 11) is 4.12. The van der Waals surface area contributed by atoms with Gasteiger partial charge in [-0.25, -0.2) is 0 Å². The van der Waals surface area contributed by atoms with Crippen LogP contribution in [0.15, 0.2) is 209 Å². The molecule has 0 saturated heterocycles. The molecule has 0 saturated carbocycles. The number of furan rings is 2. The molecule has 2 aromatic heterocycles. The minimum atomic E-state index is -0.408. The summed E-state index contributed by atoms with van der Waals surface area (Å²) in [6.07, 6.45) is 43.5. The molecule has 7 nitrogen and oxygen atoms in total. The number of para-hydroxylation sites is 3. The Morgan fingerprint density at radius 3 is 2.21 bits per heavy atom. The topological polar surface area (TPSA) is 54.5 Å². The summed E-state index contributed by atoms with van der Waals surface area (Å²) < 4.78 is 27.8. The highest BCUT2D eigenvalue weighted by molar-refractivity contribution is 6.00. The molecule has 3 unspecified atom stereocenters. The molecule has 0 radical (unpaired) electrons. The quantitative estimate of drug-likeness (QED) is 0.0428. The van der Waals surface area contributed by atoms with Crippen LogP contribution < -0.4 is 9.64 Å². The first-order valence-corrected chi connectivity index (χ1v) is 30.8. The molecule has 0 amide bonds. The van der Waals surface area contributed by atoms with E-state index in [1.54, 1.807) is 0 Å². The predicted molar refractivity (Wildman–Crippen MR) is 365 cm³/mol. The number of aryl methyl sites for hydroxylation is 3. The smallest absolute Gasteiger partial charge is 0.159 e. The molecule has 3 atom stereocenters. The van der Waals surface area contributed by atoms with Crippen LogP contribution in [-0.2, 0) is 35.8 Å². The lowest BCUT2D eigenvalue weighted by Crippen LogP contribution is -2.34. The largest absolute Gasteiger partial charge is 0.462 e. The van der Waals surface area contributed by atoms with E-state index >= 15 is 0 Å². The lowest BCUT2D eigenvalue weighted by Gasteiger charge is -2.35. The van der Waals surface area contributed by atoms with Crippen molar-refractivity contribution in [2.45, 2.75) is 132 Å². The van der Waals surface area contributed by atoms with Crippen molar-refractivity contribution < 1.29 is 18.3 Å². The molecular weight excluding hydrogens is 1050 g/mol. The van der Waals surface area contributed by atoms with Crippen molar-refractivity contribution in [1.82, 2.24) is 9.80 Å². The van der Waals surface area contributed by atoms with Gasteiger partial charge in [0.15, 0.2) is 11.3 Å². The van der Waals surface area contributed by atoms with Crippen LogP contribution in [0.4, 0.5) is 17.1 Å². The zero-order valence-corrected chi connectivity index (χ0v) is 53.3. The van der Waals surface area contributed by atoms with Crippen molar-refractivity contribution in [2.75, 3.05) is 19.0 Å². The minimum Gasteiger partial charge on any atom is -0.462 e. The fourth-order valence-electron chi connectivity index (χ4n) is 11.9. The Bertz CT molecular complexity index is 3860. The standard InChI is InChI=1S/C79H89N3O4/c1-17-23-32-58-33-25-26-39-70(76(58)84-55(10)54(9)80(15)16)81(49-28-27-36-63-56(11)83-74(42-24-18-2)61(63)20-4)68-47-44-52(7)43-46-64-66(51-57(68)19-3)53(8)45-48-69(64)82(72-41-31-37-65-62(21-5)73(22-6)85-78(65)72)71-40-30-35-60-50-59-34-29-38-67(79(12,13)14)75(59)86-77(60)71/h17,19,22-31,33-49,52,54,70H,3,6,10,18,20-21,32,50-51H2,1-2,4-5,7-9,11-16H3/b23-17-,36-27-,42-24-,46-43-,47-44-,49-28+,68-57+. The second kappa shape index (κ2) is 27.2. The Morgan fingerprint density at radius 2 is 1.50 bits per heavy atom. The molecule has 0 bridgehead atoms. The maximum atomic E-state index is 7.37. The molecule has 7 heteroatoms. The van der Waals surface area contributed by atoms with Crippen LogP contribution in [0.5, 0.6) is 11.5 Å². The van der Waals surface area contributed by atoms with Crippen molar-refractivity contribution in [3.8, 4) is 11.5 Å². The highest BCUT2D eigenvalue weighted by Gasteiger charge is 2.33. The van der Waals surface area contributed by atoms with Gasteiger partial charge in [0, 0.05) is 63.5 Å². The number of hydrogen-bond acceptors (Lipinski definition) is 7. The summed E-state index contributed by atoms with van der Waals surface area (Å²) in [5.74, 6) is 5.82. The molecule has 6 aromatic rings. The molecule has 444 valence electrons. The highest BCUT2D eigenvalue weighted by Crippen LogP contribution is 2.52. The van der Waals surface area contributed by atoms with Crippen molar-refractivity contribution in [3.05, 3.63) is 267 Å². The van der Waals surface area contributed by atoms with Crippen molar-refractivity contribution in [1.29, 1.82) is 0 Å². The second-order valence-corrected chi connectivity index (χ2v) is 24.0. The average molecular weight is 1140 g/mol. The normalized spacial score (nSPS) is 18.2. The van der Waals surface area contributed by atoms with Crippen LogP contribution >= 0.6 is 0 Å². The van der Waals surface area contributed by atoms with E-state index in [0.717, 1.165) is 133 Å². The first kappa shape index (κ1) is 62.0. The van der Waals surface area contributed by atoms with Gasteiger partial charge in [0.2, 0.25) is 0 Å². The van der Waals surface area contributed by atoms with E-state index in [0.29, 0.717) is 18.6 Å². The molecule has 0 spiro atoms. The molecule has 3 aliphatic rings. The summed E-state index contributed by atoms with van der Waals surface area (Å²) in [4.78, 5) is 6.87. The summed E-state index contributed by atoms with van der Waals surface area (Å²) >= 11 is 0. The van der Waals surface area contributed by atoms with Gasteiger partial charge in [0.05, 0.1) is 23.1 Å². The van der Waals surface area contributed by atoms with E-state index in [2.05, 4.69) is 289 Å². The van der Waals surface area contributed by atoms with Gasteiger partial charge >= 0.3 is 0 Å². The lowest BCUT2D eigenvalue weighted by molar-refractivity contribution is 0.186. The van der Waals surface area contributed by atoms with Gasteiger partial charge in [-0.05, 0) is 149 Å². The molecule has 2 aliphatic carbocycles. The maximum Gasteiger partial charge on any atom is 0.159 e. The van der Waals surface area contributed by atoms with Crippen LogP contribution in [0.1, 0.15) is 143 Å². The van der Waals surface area contributed by atoms with Gasteiger partial charge < -0.3 is 28.1 Å². The van der Waals surface area contributed by atoms with Crippen LogP contribution in [-0.4, -0.2) is 36.0 Å². The molecular formula is C79H89N3O4. The van der Waals surface area contributed by atoms with Crippen LogP contribution in [0.3, 0.4) is 0 Å². The van der Waals surface area contributed by atoms with Crippen LogP contribution in [0, 0.1) is 19.8 Å². The number of allylic oxidation sites excluding steroid dienone is 14. The zero-order chi connectivity index (χ0) is 61.4. The fraction of sp³-hybridized carbons (Fsp3) is 0.291. The summed E-state index contributed by atoms with van der Waals surface area (Å²) in [6.45, 7) is 37.4. The number of hydrogen-bond donors (Lipinski definition) is 0. The molecule has 3 heterocycles. The van der Waals surface area contributed by atoms with Gasteiger partial charge in [-0.1, -0.05) is 196 Å². The van der Waals surface area contributed by atoms with E-state index in [1.807, 2.05) is 12.2 Å². The summed E-state index contributed by atoms with van der Waals surface area (Å²) in [6, 6.07) is 23.7. The van der Waals surface area contributed by atoms with E-state index in [1.165, 1.54) is 22.3 Å². The monoisotopic (exact) mass is 1140 g/mol. The number of rotatable bonds is 20. The third-order valence-electron chi connectivity index (χ3n) is 17.0. The number of fused-ring (bicyclic) bond motifs is 4. The van der Waals surface area contributed by atoms with Gasteiger partial charge in [-0.3, -0.25) is 4.90 Å². The first-order valence-electron chi connectivity index (χ1n) is 30.8. The molecule has 0 fully saturated rings. The second-order valence-electron chi connectivity index (χ2n) is 24.0. The Balaban J connectivity index is 1.29. The number of anilines is 3. The molecule has 86 heavy (non-hydrogen) atoms. The Morgan fingerprint density at radius 1 is 0.767 bits per heavy atom. The number of nitrogens with zero attached hydrogens (tertiary/aromatic N) is 3. The third kappa shape index (κ3) is 12.9. The first-order chi connectivity index (χ1) is 41.5. The average Bonchev–Trinajstić information content (AvgIpc) is 1.26. The molecule has 0 N–H and O–H groups in total. The van der Waals surface area contributed by atoms with Crippen LogP contribution in [0.2, 0.25) is 0 Å². The number of likely N-dealkylation sites (N-methyl/N-ethyl adjacent to an activating group) is 1. The number of benzene rings is 4. The highest BCUT2D eigenvalue weighted by atomic mass is 16.5. The van der Waals surface area contributed by atoms with Gasteiger partial charge in [-0.2, -0.15) is 0 Å². The Kier molecular flexibility index (Phi) is 19.6. The Labute approximate surface area is 513 Å². The fourth-order valence-corrected chi connectivity index (χ4v) is 11.9. The number of ether oxygens (including phenoxy) is 2. The van der Waals surface area contributed by atoms with E-state index in [9.17, 15) is 0 Å². The summed E-state index contributed by atoms with van der Waals surface area (Å²) in [5, 5.41) is 1.06. The van der Waals surface area contributed by atoms with E-state index in [4.69, 9.17) is 18.3 Å². The van der Waals surface area contributed by atoms with E-state index in [-0.39, 0.29) is 17.4 Å². The van der Waals surface area contributed by atoms with Crippen LogP contribution in [0.25, 0.3) is 35.3 Å².